The van der Waals surface area contributed by atoms with Crippen LogP contribution in [0.2, 0.25) is 0 Å². The molecule has 1 atom stereocenters. The van der Waals surface area contributed by atoms with Crippen LogP contribution in [0.5, 0.6) is 0 Å². The number of ether oxygens (including phenoxy) is 2. The minimum atomic E-state index is 0.440. The van der Waals surface area contributed by atoms with Crippen LogP contribution in [0.1, 0.15) is 19.3 Å². The van der Waals surface area contributed by atoms with E-state index >= 15 is 0 Å². The van der Waals surface area contributed by atoms with Gasteiger partial charge in [-0.2, -0.15) is 0 Å². The number of hydrogen-bond donors (Lipinski definition) is 0. The van der Waals surface area contributed by atoms with Gasteiger partial charge in [0.2, 0.25) is 0 Å². The summed E-state index contributed by atoms with van der Waals surface area (Å²) in [7, 11) is 0. The maximum Gasteiger partial charge on any atom is 0.0605 e. The summed E-state index contributed by atoms with van der Waals surface area (Å²) >= 11 is 5.61. The number of hydrogen-bond acceptors (Lipinski definition) is 3. The predicted octanol–water partition coefficient (Wildman–Crippen LogP) is 1.74. The van der Waals surface area contributed by atoms with Crippen molar-refractivity contribution in [1.29, 1.82) is 0 Å². The lowest BCUT2D eigenvalue weighted by Crippen LogP contribution is -2.40. The normalized spacial score (nSPS) is 28.7. The minimum absolute atomic E-state index is 0.440. The Bertz CT molecular complexity index is 189. The standard InChI is InChI=1S/C12H22ClNO2/c13-4-8-16-12-1-5-14(6-2-12)9-11-3-7-15-10-11/h11-12H,1-10H2. The Labute approximate surface area is 103 Å². The van der Waals surface area contributed by atoms with Gasteiger partial charge in [-0.25, -0.2) is 0 Å². The van der Waals surface area contributed by atoms with E-state index in [4.69, 9.17) is 21.1 Å². The maximum absolute atomic E-state index is 5.67. The average Bonchev–Trinajstić information content (AvgIpc) is 2.81. The van der Waals surface area contributed by atoms with Gasteiger partial charge in [0.05, 0.1) is 19.3 Å². The average molecular weight is 248 g/mol. The van der Waals surface area contributed by atoms with E-state index in [0.29, 0.717) is 18.6 Å². The highest BCUT2D eigenvalue weighted by Crippen LogP contribution is 2.18. The van der Waals surface area contributed by atoms with Crippen LogP contribution in [-0.2, 0) is 9.47 Å². The van der Waals surface area contributed by atoms with Gasteiger partial charge in [0.25, 0.3) is 0 Å². The fraction of sp³-hybridized carbons (Fsp3) is 1.00. The van der Waals surface area contributed by atoms with Crippen molar-refractivity contribution in [3.8, 4) is 0 Å². The molecule has 0 spiro atoms. The van der Waals surface area contributed by atoms with Crippen LogP contribution < -0.4 is 0 Å². The van der Waals surface area contributed by atoms with Crippen LogP contribution in [0.4, 0.5) is 0 Å². The highest BCUT2D eigenvalue weighted by atomic mass is 35.5. The molecule has 2 fully saturated rings. The molecule has 2 rings (SSSR count). The van der Waals surface area contributed by atoms with E-state index in [1.54, 1.807) is 0 Å². The second-order valence-electron chi connectivity index (χ2n) is 4.79. The molecule has 0 aromatic heterocycles. The molecule has 2 aliphatic rings. The maximum atomic E-state index is 5.67. The first-order valence-electron chi connectivity index (χ1n) is 6.36. The summed E-state index contributed by atoms with van der Waals surface area (Å²) in [5, 5.41) is 0. The second-order valence-corrected chi connectivity index (χ2v) is 5.17. The van der Waals surface area contributed by atoms with Gasteiger partial charge in [-0.05, 0) is 25.2 Å². The lowest BCUT2D eigenvalue weighted by atomic mass is 10.0. The van der Waals surface area contributed by atoms with Gasteiger partial charge in [-0.15, -0.1) is 11.6 Å². The Morgan fingerprint density at radius 3 is 2.69 bits per heavy atom. The fourth-order valence-electron chi connectivity index (χ4n) is 2.56. The second kappa shape index (κ2) is 6.80. The van der Waals surface area contributed by atoms with Crippen LogP contribution in [0.15, 0.2) is 0 Å². The van der Waals surface area contributed by atoms with E-state index in [1.807, 2.05) is 0 Å². The largest absolute Gasteiger partial charge is 0.381 e. The van der Waals surface area contributed by atoms with Gasteiger partial charge in [0.15, 0.2) is 0 Å². The van der Waals surface area contributed by atoms with Crippen LogP contribution in [0.25, 0.3) is 0 Å². The fourth-order valence-corrected chi connectivity index (χ4v) is 2.65. The summed E-state index contributed by atoms with van der Waals surface area (Å²) in [4.78, 5) is 2.56. The van der Waals surface area contributed by atoms with Crippen LogP contribution in [-0.4, -0.2) is 56.3 Å². The molecular weight excluding hydrogens is 226 g/mol. The summed E-state index contributed by atoms with van der Waals surface area (Å²) in [6.45, 7) is 6.17. The Balaban J connectivity index is 1.60. The molecule has 0 aliphatic carbocycles. The number of alkyl halides is 1. The Hall–Kier alpha value is 0.170. The number of nitrogens with zero attached hydrogens (tertiary/aromatic N) is 1. The predicted molar refractivity (Wildman–Crippen MR) is 65.1 cm³/mol. The molecule has 0 aromatic carbocycles. The highest BCUT2D eigenvalue weighted by molar-refractivity contribution is 6.17. The lowest BCUT2D eigenvalue weighted by molar-refractivity contribution is 0.0116. The molecule has 0 N–H and O–H groups in total. The van der Waals surface area contributed by atoms with Gasteiger partial charge in [-0.1, -0.05) is 0 Å². The molecule has 4 heteroatoms. The zero-order chi connectivity index (χ0) is 11.2. The molecule has 3 nitrogen and oxygen atoms in total. The smallest absolute Gasteiger partial charge is 0.0605 e. The van der Waals surface area contributed by atoms with Crippen LogP contribution >= 0.6 is 11.6 Å². The highest BCUT2D eigenvalue weighted by Gasteiger charge is 2.23. The first-order valence-corrected chi connectivity index (χ1v) is 6.89. The van der Waals surface area contributed by atoms with Crippen molar-refractivity contribution in [2.24, 2.45) is 5.92 Å². The zero-order valence-corrected chi connectivity index (χ0v) is 10.6. The Kier molecular flexibility index (Phi) is 5.36. The summed E-state index contributed by atoms with van der Waals surface area (Å²) in [6.07, 6.45) is 3.99. The molecule has 0 radical (unpaired) electrons. The Morgan fingerprint density at radius 1 is 1.25 bits per heavy atom. The minimum Gasteiger partial charge on any atom is -0.381 e. The molecule has 16 heavy (non-hydrogen) atoms. The quantitative estimate of drug-likeness (QED) is 0.691. The van der Waals surface area contributed by atoms with Gasteiger partial charge < -0.3 is 14.4 Å². The summed E-state index contributed by atoms with van der Waals surface area (Å²) in [6, 6.07) is 0. The van der Waals surface area contributed by atoms with Gasteiger partial charge in [-0.3, -0.25) is 0 Å². The molecular formula is C12H22ClNO2. The third kappa shape index (κ3) is 3.88. The van der Waals surface area contributed by atoms with Crippen molar-refractivity contribution in [2.45, 2.75) is 25.4 Å². The van der Waals surface area contributed by atoms with Crippen molar-refractivity contribution >= 4 is 11.6 Å². The molecule has 1 unspecified atom stereocenters. The topological polar surface area (TPSA) is 21.7 Å². The van der Waals surface area contributed by atoms with Crippen molar-refractivity contribution in [3.63, 3.8) is 0 Å². The third-order valence-electron chi connectivity index (χ3n) is 3.51. The summed E-state index contributed by atoms with van der Waals surface area (Å²) < 4.78 is 11.1. The molecule has 0 bridgehead atoms. The first-order chi connectivity index (χ1) is 7.88. The Morgan fingerprint density at radius 2 is 2.06 bits per heavy atom. The van der Waals surface area contributed by atoms with Gasteiger partial charge in [0, 0.05) is 32.1 Å². The molecule has 94 valence electrons. The van der Waals surface area contributed by atoms with Crippen LogP contribution in [0.3, 0.4) is 0 Å². The molecule has 2 heterocycles. The van der Waals surface area contributed by atoms with Crippen molar-refractivity contribution in [3.05, 3.63) is 0 Å². The molecule has 0 amide bonds. The zero-order valence-electron chi connectivity index (χ0n) is 9.87. The first kappa shape index (κ1) is 12.6. The molecule has 2 saturated heterocycles. The van der Waals surface area contributed by atoms with E-state index in [-0.39, 0.29) is 0 Å². The lowest BCUT2D eigenvalue weighted by Gasteiger charge is -2.33. The third-order valence-corrected chi connectivity index (χ3v) is 3.66. The van der Waals surface area contributed by atoms with Crippen molar-refractivity contribution in [1.82, 2.24) is 4.90 Å². The summed E-state index contributed by atoms with van der Waals surface area (Å²) in [5.41, 5.74) is 0. The van der Waals surface area contributed by atoms with Crippen molar-refractivity contribution < 1.29 is 9.47 Å². The van der Waals surface area contributed by atoms with Crippen LogP contribution in [0, 0.1) is 5.92 Å². The van der Waals surface area contributed by atoms with Gasteiger partial charge in [0.1, 0.15) is 0 Å². The van der Waals surface area contributed by atoms with E-state index in [1.165, 1.54) is 26.1 Å². The van der Waals surface area contributed by atoms with Crippen molar-refractivity contribution in [2.75, 3.05) is 45.3 Å². The van der Waals surface area contributed by atoms with E-state index in [9.17, 15) is 0 Å². The van der Waals surface area contributed by atoms with E-state index in [2.05, 4.69) is 4.90 Å². The number of rotatable bonds is 5. The van der Waals surface area contributed by atoms with Gasteiger partial charge >= 0.3 is 0 Å². The molecule has 0 saturated carbocycles. The monoisotopic (exact) mass is 247 g/mol. The summed E-state index contributed by atoms with van der Waals surface area (Å²) in [5.74, 6) is 1.37. The van der Waals surface area contributed by atoms with E-state index < -0.39 is 0 Å². The SMILES string of the molecule is ClCCOC1CCN(CC2CCOC2)CC1. The number of piperidine rings is 1. The molecule has 2 aliphatic heterocycles. The van der Waals surface area contributed by atoms with E-state index in [0.717, 1.165) is 32.0 Å². The molecule has 0 aromatic rings. The number of likely N-dealkylation sites (tertiary alicyclic amines) is 1. The number of halogens is 1.